The van der Waals surface area contributed by atoms with E-state index in [0.29, 0.717) is 5.15 Å². The van der Waals surface area contributed by atoms with E-state index in [4.69, 9.17) is 11.6 Å². The molecule has 0 amide bonds. The van der Waals surface area contributed by atoms with Gasteiger partial charge in [-0.05, 0) is 11.5 Å². The zero-order chi connectivity index (χ0) is 7.68. The molecule has 0 radical (unpaired) electrons. The third-order valence-electron chi connectivity index (χ3n) is 1.60. The molecule has 0 saturated heterocycles. The maximum atomic E-state index is 5.71. The van der Waals surface area contributed by atoms with Gasteiger partial charge in [0.25, 0.3) is 0 Å². The zero-order valence-corrected chi connectivity index (χ0v) is 8.67. The highest BCUT2D eigenvalue weighted by Crippen LogP contribution is 2.15. The van der Waals surface area contributed by atoms with Crippen LogP contribution in [-0.2, 0) is 0 Å². The van der Waals surface area contributed by atoms with Gasteiger partial charge in [-0.1, -0.05) is 35.9 Å². The van der Waals surface area contributed by atoms with Gasteiger partial charge in [0, 0.05) is 11.6 Å². The third kappa shape index (κ3) is 1.76. The van der Waals surface area contributed by atoms with Crippen molar-refractivity contribution in [3.8, 4) is 0 Å². The molecule has 0 aliphatic rings. The predicted molar refractivity (Wildman–Crippen MR) is 57.1 cm³/mol. The van der Waals surface area contributed by atoms with Gasteiger partial charge in [-0.2, -0.15) is 0 Å². The quantitative estimate of drug-likeness (QED) is 0.647. The fourth-order valence-corrected chi connectivity index (χ4v) is 1.22. The van der Waals surface area contributed by atoms with E-state index in [-0.39, 0.29) is 17.0 Å². The number of hydrogen-bond acceptors (Lipinski definition) is 1. The van der Waals surface area contributed by atoms with Crippen LogP contribution in [0.15, 0.2) is 36.5 Å². The van der Waals surface area contributed by atoms with Crippen LogP contribution in [0.1, 0.15) is 0 Å². The standard InChI is InChI=1S/C9H6ClN.BrH/c10-9-5-7-3-1-2-4-8(7)6-11-9;/h1-6H;1H. The van der Waals surface area contributed by atoms with Crippen molar-refractivity contribution in [1.29, 1.82) is 0 Å². The Morgan fingerprint density at radius 1 is 1.08 bits per heavy atom. The molecule has 62 valence electrons. The number of pyridine rings is 1. The molecule has 12 heavy (non-hydrogen) atoms. The molecule has 0 aliphatic carbocycles. The first-order valence-electron chi connectivity index (χ1n) is 3.36. The monoisotopic (exact) mass is 243 g/mol. The summed E-state index contributed by atoms with van der Waals surface area (Å²) in [6, 6.07) is 9.86. The van der Waals surface area contributed by atoms with Gasteiger partial charge >= 0.3 is 0 Å². The summed E-state index contributed by atoms with van der Waals surface area (Å²) in [5, 5.41) is 2.80. The number of nitrogens with zero attached hydrogens (tertiary/aromatic N) is 1. The molecule has 1 aromatic carbocycles. The first-order chi connectivity index (χ1) is 5.36. The average molecular weight is 245 g/mol. The number of halogens is 2. The van der Waals surface area contributed by atoms with E-state index in [2.05, 4.69) is 4.98 Å². The van der Waals surface area contributed by atoms with Crippen LogP contribution in [0.4, 0.5) is 0 Å². The van der Waals surface area contributed by atoms with Crippen molar-refractivity contribution in [2.75, 3.05) is 0 Å². The summed E-state index contributed by atoms with van der Waals surface area (Å²) in [5.74, 6) is 0. The van der Waals surface area contributed by atoms with E-state index >= 15 is 0 Å². The van der Waals surface area contributed by atoms with Crippen molar-refractivity contribution in [3.63, 3.8) is 0 Å². The van der Waals surface area contributed by atoms with Crippen LogP contribution in [0.25, 0.3) is 10.8 Å². The van der Waals surface area contributed by atoms with Crippen LogP contribution >= 0.6 is 28.6 Å². The minimum absolute atomic E-state index is 0. The van der Waals surface area contributed by atoms with Gasteiger partial charge in [0.15, 0.2) is 0 Å². The minimum Gasteiger partial charge on any atom is -0.244 e. The SMILES string of the molecule is Br.Clc1cc2ccccc2cn1. The molecule has 1 nitrogen and oxygen atoms in total. The van der Waals surface area contributed by atoms with E-state index in [0.717, 1.165) is 10.8 Å². The van der Waals surface area contributed by atoms with Crippen LogP contribution in [0.2, 0.25) is 5.15 Å². The van der Waals surface area contributed by atoms with Crippen LogP contribution in [0.5, 0.6) is 0 Å². The van der Waals surface area contributed by atoms with Crippen LogP contribution in [0.3, 0.4) is 0 Å². The van der Waals surface area contributed by atoms with E-state index in [1.165, 1.54) is 0 Å². The first kappa shape index (κ1) is 9.49. The maximum Gasteiger partial charge on any atom is 0.129 e. The summed E-state index contributed by atoms with van der Waals surface area (Å²) in [5.41, 5.74) is 0. The van der Waals surface area contributed by atoms with Crippen LogP contribution in [-0.4, -0.2) is 4.98 Å². The Balaban J connectivity index is 0.000000720. The van der Waals surface area contributed by atoms with Crippen LogP contribution in [0, 0.1) is 0 Å². The second kappa shape index (κ2) is 3.87. The highest BCUT2D eigenvalue weighted by Gasteiger charge is 1.92. The van der Waals surface area contributed by atoms with Gasteiger partial charge in [0.2, 0.25) is 0 Å². The predicted octanol–water partition coefficient (Wildman–Crippen LogP) is 3.47. The maximum absolute atomic E-state index is 5.71. The van der Waals surface area contributed by atoms with Crippen molar-refractivity contribution in [3.05, 3.63) is 41.7 Å². The molecule has 0 aliphatic heterocycles. The molecule has 2 rings (SSSR count). The average Bonchev–Trinajstić information content (AvgIpc) is 2.04. The molecular weight excluding hydrogens is 237 g/mol. The molecule has 1 aromatic heterocycles. The fraction of sp³-hybridized carbons (Fsp3) is 0. The molecule has 0 atom stereocenters. The Labute approximate surface area is 86.1 Å². The lowest BCUT2D eigenvalue weighted by Crippen LogP contribution is -1.75. The van der Waals surface area contributed by atoms with E-state index in [1.807, 2.05) is 30.3 Å². The van der Waals surface area contributed by atoms with Gasteiger partial charge < -0.3 is 0 Å². The Hall–Kier alpha value is -0.600. The minimum atomic E-state index is 0. The Bertz CT molecular complexity index is 389. The lowest BCUT2D eigenvalue weighted by Gasteiger charge is -1.94. The Kier molecular flexibility index (Phi) is 3.06. The number of aromatic nitrogens is 1. The molecule has 0 fully saturated rings. The first-order valence-corrected chi connectivity index (χ1v) is 3.74. The van der Waals surface area contributed by atoms with E-state index < -0.39 is 0 Å². The zero-order valence-electron chi connectivity index (χ0n) is 6.20. The van der Waals surface area contributed by atoms with Gasteiger partial charge in [-0.3, -0.25) is 0 Å². The van der Waals surface area contributed by atoms with Gasteiger partial charge in [0.05, 0.1) is 0 Å². The molecule has 3 heteroatoms. The van der Waals surface area contributed by atoms with Gasteiger partial charge in [-0.15, -0.1) is 17.0 Å². The molecular formula is C9H7BrClN. The Morgan fingerprint density at radius 2 is 1.75 bits per heavy atom. The summed E-state index contributed by atoms with van der Waals surface area (Å²) in [7, 11) is 0. The number of fused-ring (bicyclic) bond motifs is 1. The summed E-state index contributed by atoms with van der Waals surface area (Å²) >= 11 is 5.71. The largest absolute Gasteiger partial charge is 0.244 e. The summed E-state index contributed by atoms with van der Waals surface area (Å²) in [6.07, 6.45) is 1.78. The van der Waals surface area contributed by atoms with E-state index in [1.54, 1.807) is 6.20 Å². The molecule has 1 heterocycles. The molecule has 0 N–H and O–H groups in total. The lowest BCUT2D eigenvalue weighted by atomic mass is 10.2. The van der Waals surface area contributed by atoms with Crippen molar-refractivity contribution in [1.82, 2.24) is 4.98 Å². The second-order valence-electron chi connectivity index (χ2n) is 2.35. The molecule has 0 spiro atoms. The van der Waals surface area contributed by atoms with Crippen molar-refractivity contribution in [2.45, 2.75) is 0 Å². The highest BCUT2D eigenvalue weighted by molar-refractivity contribution is 8.93. The molecule has 0 bridgehead atoms. The van der Waals surface area contributed by atoms with E-state index in [9.17, 15) is 0 Å². The Morgan fingerprint density at radius 3 is 2.50 bits per heavy atom. The molecule has 0 unspecified atom stereocenters. The number of hydrogen-bond donors (Lipinski definition) is 0. The second-order valence-corrected chi connectivity index (χ2v) is 2.74. The molecule has 2 aromatic rings. The summed E-state index contributed by atoms with van der Waals surface area (Å²) in [4.78, 5) is 3.97. The lowest BCUT2D eigenvalue weighted by molar-refractivity contribution is 1.36. The normalized spacial score (nSPS) is 9.42. The third-order valence-corrected chi connectivity index (χ3v) is 1.80. The summed E-state index contributed by atoms with van der Waals surface area (Å²) < 4.78 is 0. The number of rotatable bonds is 0. The van der Waals surface area contributed by atoms with Crippen molar-refractivity contribution in [2.24, 2.45) is 0 Å². The molecule has 0 saturated carbocycles. The smallest absolute Gasteiger partial charge is 0.129 e. The fourth-order valence-electron chi connectivity index (χ4n) is 1.06. The number of benzene rings is 1. The summed E-state index contributed by atoms with van der Waals surface area (Å²) in [6.45, 7) is 0. The van der Waals surface area contributed by atoms with Crippen molar-refractivity contribution >= 4 is 39.4 Å². The highest BCUT2D eigenvalue weighted by atomic mass is 79.9. The van der Waals surface area contributed by atoms with Gasteiger partial charge in [-0.25, -0.2) is 4.98 Å². The van der Waals surface area contributed by atoms with Crippen molar-refractivity contribution < 1.29 is 0 Å². The van der Waals surface area contributed by atoms with Crippen LogP contribution < -0.4 is 0 Å². The van der Waals surface area contributed by atoms with Gasteiger partial charge in [0.1, 0.15) is 5.15 Å². The topological polar surface area (TPSA) is 12.9 Å².